The molecular weight excluding hydrogens is 789 g/mol. The molecule has 62 heavy (non-hydrogen) atoms. The van der Waals surface area contributed by atoms with Crippen molar-refractivity contribution in [1.82, 2.24) is 0 Å². The van der Waals surface area contributed by atoms with Gasteiger partial charge < -0.3 is 39.2 Å². The summed E-state index contributed by atoms with van der Waals surface area (Å²) >= 11 is 0. The molecule has 0 saturated carbocycles. The van der Waals surface area contributed by atoms with Crippen molar-refractivity contribution in [2.45, 2.75) is 41.5 Å². The van der Waals surface area contributed by atoms with Crippen molar-refractivity contribution < 1.29 is 17.6 Å². The molecule has 0 atom stereocenters. The minimum absolute atomic E-state index is 0.722. The van der Waals surface area contributed by atoms with Crippen LogP contribution in [0.25, 0.3) is 0 Å². The number of benzene rings is 5. The van der Waals surface area contributed by atoms with Gasteiger partial charge in [0.1, 0.15) is 11.4 Å². The van der Waals surface area contributed by atoms with Gasteiger partial charge in [0.05, 0.1) is 0 Å². The van der Waals surface area contributed by atoms with Gasteiger partial charge in [0.2, 0.25) is 0 Å². The van der Waals surface area contributed by atoms with Crippen LogP contribution in [0.1, 0.15) is 41.5 Å². The fourth-order valence-corrected chi connectivity index (χ4v) is 7.09. The summed E-state index contributed by atoms with van der Waals surface area (Å²) < 4.78 is 53.9. The predicted molar refractivity (Wildman–Crippen MR) is 262 cm³/mol. The summed E-state index contributed by atoms with van der Waals surface area (Å²) in [6, 6.07) is 35.4. The van der Waals surface area contributed by atoms with Gasteiger partial charge in [-0.15, -0.1) is 0 Å². The maximum absolute atomic E-state index is 13.5. The lowest BCUT2D eigenvalue weighted by Gasteiger charge is -2.29. The molecule has 0 unspecified atom stereocenters. The smallest absolute Gasteiger partial charge is 0.187 e. The highest BCUT2D eigenvalue weighted by molar-refractivity contribution is 5.79. The Bertz CT molecular complexity index is 1830. The van der Waals surface area contributed by atoms with Crippen LogP contribution in [0, 0.1) is 23.3 Å². The molecule has 0 spiro atoms. The fraction of sp³-hybridized carbons (Fsp3) is 0.400. The topological polar surface area (TPSA) is 25.9 Å². The SMILES string of the molecule is CCN(CC)c1ccc(N(c2ccc(N(CC)CC)cc2)c2ccc(N(CC)CC)cc2)cc1.CN(C)c1c(F)c(F)c(N(C)C)c(F)c1F.CN(C)c1ccc(N(C)C)cc1. The molecule has 0 aliphatic rings. The predicted octanol–water partition coefficient (Wildman–Crippen LogP) is 11.9. The van der Waals surface area contributed by atoms with Crippen LogP contribution in [0.4, 0.5) is 74.4 Å². The zero-order valence-electron chi connectivity index (χ0n) is 39.6. The van der Waals surface area contributed by atoms with E-state index in [1.165, 1.54) is 73.7 Å². The summed E-state index contributed by atoms with van der Waals surface area (Å²) in [5.74, 6) is -5.58. The maximum Gasteiger partial charge on any atom is 0.187 e. The molecule has 0 N–H and O–H groups in total. The summed E-state index contributed by atoms with van der Waals surface area (Å²) in [7, 11) is 13.4. The normalized spacial score (nSPS) is 10.5. The maximum atomic E-state index is 13.5. The number of halogens is 4. The first-order chi connectivity index (χ1) is 29.5. The average Bonchev–Trinajstić information content (AvgIpc) is 3.26. The molecule has 0 aromatic heterocycles. The van der Waals surface area contributed by atoms with Gasteiger partial charge in [-0.05, 0) is 139 Å². The second-order valence-corrected chi connectivity index (χ2v) is 15.4. The highest BCUT2D eigenvalue weighted by Crippen LogP contribution is 2.38. The van der Waals surface area contributed by atoms with Gasteiger partial charge in [0.25, 0.3) is 0 Å². The van der Waals surface area contributed by atoms with E-state index in [0.717, 1.165) is 49.1 Å². The molecule has 0 aliphatic carbocycles. The van der Waals surface area contributed by atoms with Crippen molar-refractivity contribution in [3.05, 3.63) is 120 Å². The van der Waals surface area contributed by atoms with E-state index < -0.39 is 34.6 Å². The van der Waals surface area contributed by atoms with Crippen molar-refractivity contribution in [3.8, 4) is 0 Å². The number of rotatable bonds is 16. The summed E-state index contributed by atoms with van der Waals surface area (Å²) in [5, 5.41) is 0. The molecule has 0 amide bonds. The monoisotopic (exact) mass is 859 g/mol. The van der Waals surface area contributed by atoms with Gasteiger partial charge in [0.15, 0.2) is 23.3 Å². The molecule has 5 aromatic rings. The Balaban J connectivity index is 0.000000300. The minimum Gasteiger partial charge on any atom is -0.378 e. The van der Waals surface area contributed by atoms with E-state index in [0.29, 0.717) is 0 Å². The third-order valence-corrected chi connectivity index (χ3v) is 10.7. The van der Waals surface area contributed by atoms with Crippen molar-refractivity contribution in [2.24, 2.45) is 0 Å². The summed E-state index contributed by atoms with van der Waals surface area (Å²) in [5.41, 5.74) is 8.33. The summed E-state index contributed by atoms with van der Waals surface area (Å²) in [6.07, 6.45) is 0. The van der Waals surface area contributed by atoms with E-state index in [1.807, 2.05) is 28.2 Å². The van der Waals surface area contributed by atoms with Gasteiger partial charge in [-0.1, -0.05) is 0 Å². The minimum atomic E-state index is -1.40. The lowest BCUT2D eigenvalue weighted by Crippen LogP contribution is -2.22. The van der Waals surface area contributed by atoms with Crippen molar-refractivity contribution in [3.63, 3.8) is 0 Å². The molecule has 0 heterocycles. The highest BCUT2D eigenvalue weighted by atomic mass is 19.2. The zero-order chi connectivity index (χ0) is 46.3. The largest absolute Gasteiger partial charge is 0.378 e. The lowest BCUT2D eigenvalue weighted by molar-refractivity contribution is 0.456. The van der Waals surface area contributed by atoms with Gasteiger partial charge in [-0.3, -0.25) is 0 Å². The van der Waals surface area contributed by atoms with Crippen LogP contribution in [-0.2, 0) is 0 Å². The van der Waals surface area contributed by atoms with Crippen LogP contribution in [0.5, 0.6) is 0 Å². The Labute approximate surface area is 370 Å². The Hall–Kier alpha value is -5.78. The van der Waals surface area contributed by atoms with Crippen molar-refractivity contribution in [2.75, 3.05) is 135 Å². The van der Waals surface area contributed by atoms with E-state index in [-0.39, 0.29) is 0 Å². The molecule has 0 bridgehead atoms. The van der Waals surface area contributed by atoms with E-state index in [2.05, 4.69) is 168 Å². The van der Waals surface area contributed by atoms with E-state index in [1.54, 1.807) is 0 Å². The first-order valence-electron chi connectivity index (χ1n) is 21.5. The Morgan fingerprint density at radius 2 is 0.452 bits per heavy atom. The van der Waals surface area contributed by atoms with Crippen LogP contribution in [-0.4, -0.2) is 95.6 Å². The van der Waals surface area contributed by atoms with Gasteiger partial charge >= 0.3 is 0 Å². The molecule has 0 fully saturated rings. The van der Waals surface area contributed by atoms with E-state index >= 15 is 0 Å². The molecule has 0 saturated heterocycles. The van der Waals surface area contributed by atoms with E-state index in [4.69, 9.17) is 0 Å². The van der Waals surface area contributed by atoms with Crippen molar-refractivity contribution >= 4 is 56.9 Å². The molecule has 5 aromatic carbocycles. The molecule has 338 valence electrons. The fourth-order valence-electron chi connectivity index (χ4n) is 7.09. The Morgan fingerprint density at radius 1 is 0.274 bits per heavy atom. The third-order valence-electron chi connectivity index (χ3n) is 10.7. The summed E-state index contributed by atoms with van der Waals surface area (Å²) in [4.78, 5) is 15.7. The highest BCUT2D eigenvalue weighted by Gasteiger charge is 2.27. The first kappa shape index (κ1) is 50.6. The average molecular weight is 859 g/mol. The van der Waals surface area contributed by atoms with Crippen LogP contribution < -0.4 is 39.2 Å². The molecular formula is C50H70F4N8. The van der Waals surface area contributed by atoms with Crippen LogP contribution in [0.2, 0.25) is 0 Å². The molecule has 0 radical (unpaired) electrons. The Kier molecular flexibility index (Phi) is 19.6. The zero-order valence-corrected chi connectivity index (χ0v) is 39.6. The van der Waals surface area contributed by atoms with Crippen LogP contribution >= 0.6 is 0 Å². The molecule has 8 nitrogen and oxygen atoms in total. The second kappa shape index (κ2) is 24.0. The van der Waals surface area contributed by atoms with Gasteiger partial charge in [-0.25, -0.2) is 17.6 Å². The number of nitrogens with zero attached hydrogens (tertiary/aromatic N) is 8. The van der Waals surface area contributed by atoms with Crippen molar-refractivity contribution in [1.29, 1.82) is 0 Å². The number of anilines is 10. The van der Waals surface area contributed by atoms with Crippen LogP contribution in [0.3, 0.4) is 0 Å². The Morgan fingerprint density at radius 3 is 0.613 bits per heavy atom. The quantitative estimate of drug-likeness (QED) is 0.0715. The first-order valence-corrected chi connectivity index (χ1v) is 21.5. The van der Waals surface area contributed by atoms with Gasteiger partial charge in [0, 0.05) is 141 Å². The molecule has 0 aliphatic heterocycles. The standard InChI is InChI=1S/C30H42N4.C10H12F4N2.C10H16N2/c1-7-31(8-2)25-13-19-28(20-14-25)34(29-21-15-26(16-22-29)32(9-3)10-4)30-23-17-27(18-24-30)33(11-5)12-6;1-15(2)9-5(11)7(13)10(16(3)4)8(14)6(9)12;1-11(2)9-5-7-10(8-6-9)12(3)4/h13-24H,7-12H2,1-6H3;1-4H3;5-8H,1-4H3. The van der Waals surface area contributed by atoms with Crippen LogP contribution in [0.15, 0.2) is 97.1 Å². The molecule has 12 heteroatoms. The summed E-state index contributed by atoms with van der Waals surface area (Å²) in [6.45, 7) is 19.3. The number of hydrogen-bond donors (Lipinski definition) is 0. The third kappa shape index (κ3) is 12.6. The second-order valence-electron chi connectivity index (χ2n) is 15.4. The lowest BCUT2D eigenvalue weighted by atomic mass is 10.1. The molecule has 5 rings (SSSR count). The van der Waals surface area contributed by atoms with E-state index in [9.17, 15) is 17.6 Å². The number of hydrogen-bond acceptors (Lipinski definition) is 8. The van der Waals surface area contributed by atoms with Gasteiger partial charge in [-0.2, -0.15) is 0 Å².